The third-order valence-electron chi connectivity index (χ3n) is 2.67. The zero-order valence-corrected chi connectivity index (χ0v) is 8.68. The topological polar surface area (TPSA) is 90.2 Å². The molecule has 1 aliphatic heterocycles. The van der Waals surface area contributed by atoms with Crippen molar-refractivity contribution < 1.29 is 9.59 Å². The van der Waals surface area contributed by atoms with Gasteiger partial charge in [0.1, 0.15) is 18.0 Å². The molecule has 84 valence electrons. The lowest BCUT2D eigenvalue weighted by Crippen LogP contribution is -2.39. The first-order valence-corrected chi connectivity index (χ1v) is 4.55. The Morgan fingerprint density at radius 2 is 1.81 bits per heavy atom. The molecule has 0 aromatic carbocycles. The predicted octanol–water partition coefficient (Wildman–Crippen LogP) is -1.68. The van der Waals surface area contributed by atoms with Crippen LogP contribution in [-0.2, 0) is 23.7 Å². The molecule has 0 saturated carbocycles. The number of nitrogens with one attached hydrogen (secondary N) is 1. The number of fused-ring (bicyclic) bond motifs is 1. The number of rotatable bonds is 1. The maximum atomic E-state index is 11.7. The molecule has 0 unspecified atom stereocenters. The fourth-order valence-electron chi connectivity index (χ4n) is 1.76. The Bertz CT molecular complexity index is 610. The Labute approximate surface area is 89.3 Å². The molecule has 2 heterocycles. The van der Waals surface area contributed by atoms with E-state index in [-0.39, 0.29) is 11.4 Å². The van der Waals surface area contributed by atoms with Crippen LogP contribution in [0, 0.1) is 0 Å². The van der Waals surface area contributed by atoms with Crippen LogP contribution in [0.25, 0.3) is 0 Å². The summed E-state index contributed by atoms with van der Waals surface area (Å²) in [5.74, 6) is -1.60. The monoisotopic (exact) mass is 223 g/mol. The molecule has 0 spiro atoms. The van der Waals surface area contributed by atoms with E-state index in [0.29, 0.717) is 6.29 Å². The van der Waals surface area contributed by atoms with E-state index in [4.69, 9.17) is 0 Å². The molecule has 0 radical (unpaired) electrons. The SMILES string of the molecule is Cn1c2c(c(=O)n(C)c1=O)[C@H](C=O)C(=O)N2. The second-order valence-electron chi connectivity index (χ2n) is 3.57. The van der Waals surface area contributed by atoms with Crippen molar-refractivity contribution in [2.75, 3.05) is 5.32 Å². The molecule has 7 heteroatoms. The lowest BCUT2D eigenvalue weighted by atomic mass is 10.1. The van der Waals surface area contributed by atoms with E-state index < -0.39 is 23.1 Å². The third-order valence-corrected chi connectivity index (χ3v) is 2.67. The molecule has 1 aromatic rings. The first kappa shape index (κ1) is 10.3. The van der Waals surface area contributed by atoms with Crippen molar-refractivity contribution in [1.29, 1.82) is 0 Å². The maximum Gasteiger partial charge on any atom is 0.332 e. The van der Waals surface area contributed by atoms with Gasteiger partial charge in [0.2, 0.25) is 5.91 Å². The highest BCUT2D eigenvalue weighted by Gasteiger charge is 2.35. The number of hydrogen-bond donors (Lipinski definition) is 1. The summed E-state index contributed by atoms with van der Waals surface area (Å²) in [4.78, 5) is 45.4. The highest BCUT2D eigenvalue weighted by molar-refractivity contribution is 6.10. The van der Waals surface area contributed by atoms with Gasteiger partial charge in [0.15, 0.2) is 0 Å². The molecule has 1 amide bonds. The molecule has 1 N–H and O–H groups in total. The number of aldehydes is 1. The van der Waals surface area contributed by atoms with Crippen molar-refractivity contribution in [2.24, 2.45) is 14.1 Å². The summed E-state index contributed by atoms with van der Waals surface area (Å²) >= 11 is 0. The van der Waals surface area contributed by atoms with Gasteiger partial charge in [0.05, 0.1) is 5.56 Å². The summed E-state index contributed by atoms with van der Waals surface area (Å²) < 4.78 is 2.01. The number of hydrogen-bond acceptors (Lipinski definition) is 4. The van der Waals surface area contributed by atoms with Crippen LogP contribution in [0.1, 0.15) is 11.5 Å². The van der Waals surface area contributed by atoms with Gasteiger partial charge in [-0.1, -0.05) is 0 Å². The number of aromatic nitrogens is 2. The van der Waals surface area contributed by atoms with Gasteiger partial charge in [-0.2, -0.15) is 0 Å². The van der Waals surface area contributed by atoms with E-state index in [9.17, 15) is 19.2 Å². The Balaban J connectivity index is 2.92. The number of carbonyl (C=O) groups excluding carboxylic acids is 2. The van der Waals surface area contributed by atoms with Gasteiger partial charge >= 0.3 is 5.69 Å². The summed E-state index contributed by atoms with van der Waals surface area (Å²) in [6, 6.07) is 0. The number of nitrogens with zero attached hydrogens (tertiary/aromatic N) is 2. The minimum absolute atomic E-state index is 0.0320. The van der Waals surface area contributed by atoms with Crippen LogP contribution in [0.5, 0.6) is 0 Å². The van der Waals surface area contributed by atoms with Crippen LogP contribution in [0.15, 0.2) is 9.59 Å². The van der Waals surface area contributed by atoms with E-state index in [1.165, 1.54) is 14.1 Å². The van der Waals surface area contributed by atoms with Crippen LogP contribution in [0.2, 0.25) is 0 Å². The van der Waals surface area contributed by atoms with Crippen LogP contribution in [-0.4, -0.2) is 21.3 Å². The first-order valence-electron chi connectivity index (χ1n) is 4.55. The van der Waals surface area contributed by atoms with Crippen molar-refractivity contribution in [3.8, 4) is 0 Å². The summed E-state index contributed by atoms with van der Waals surface area (Å²) in [6.45, 7) is 0. The predicted molar refractivity (Wildman–Crippen MR) is 54.4 cm³/mol. The van der Waals surface area contributed by atoms with E-state index in [1.807, 2.05) is 0 Å². The van der Waals surface area contributed by atoms with Crippen LogP contribution >= 0.6 is 0 Å². The molecule has 1 atom stereocenters. The minimum atomic E-state index is -1.12. The summed E-state index contributed by atoms with van der Waals surface area (Å²) in [7, 11) is 2.73. The summed E-state index contributed by atoms with van der Waals surface area (Å²) in [6.07, 6.45) is 0.396. The first-order chi connectivity index (χ1) is 7.49. The Morgan fingerprint density at radius 1 is 1.19 bits per heavy atom. The van der Waals surface area contributed by atoms with Crippen LogP contribution in [0.3, 0.4) is 0 Å². The van der Waals surface area contributed by atoms with E-state index in [2.05, 4.69) is 5.32 Å². The molecule has 2 rings (SSSR count). The molecule has 0 fully saturated rings. The molecular formula is C9H9N3O4. The quantitative estimate of drug-likeness (QED) is 0.454. The number of amides is 1. The Kier molecular flexibility index (Phi) is 2.04. The van der Waals surface area contributed by atoms with Gasteiger partial charge < -0.3 is 10.1 Å². The van der Waals surface area contributed by atoms with Crippen molar-refractivity contribution in [1.82, 2.24) is 9.13 Å². The molecule has 0 bridgehead atoms. The van der Waals surface area contributed by atoms with Crippen molar-refractivity contribution in [3.63, 3.8) is 0 Å². The van der Waals surface area contributed by atoms with Crippen molar-refractivity contribution >= 4 is 18.0 Å². The number of carbonyl (C=O) groups is 2. The third kappa shape index (κ3) is 1.08. The minimum Gasteiger partial charge on any atom is -0.311 e. The highest BCUT2D eigenvalue weighted by atomic mass is 16.2. The molecule has 1 aromatic heterocycles. The highest BCUT2D eigenvalue weighted by Crippen LogP contribution is 2.25. The van der Waals surface area contributed by atoms with Crippen LogP contribution in [0.4, 0.5) is 5.82 Å². The number of anilines is 1. The standard InChI is InChI=1S/C9H9N3O4/c1-11-6-5(4(3-13)7(14)10-6)8(15)12(2)9(11)16/h3-4H,1-2H3,(H,10,14)/t4-/m0/s1. The molecule has 0 saturated heterocycles. The summed E-state index contributed by atoms with van der Waals surface area (Å²) in [5.41, 5.74) is -1.13. The zero-order valence-electron chi connectivity index (χ0n) is 8.68. The average Bonchev–Trinajstić information content (AvgIpc) is 2.60. The smallest absolute Gasteiger partial charge is 0.311 e. The second-order valence-corrected chi connectivity index (χ2v) is 3.57. The van der Waals surface area contributed by atoms with Crippen LogP contribution < -0.4 is 16.6 Å². The normalized spacial score (nSPS) is 18.1. The van der Waals surface area contributed by atoms with E-state index >= 15 is 0 Å². The van der Waals surface area contributed by atoms with Gasteiger partial charge in [0.25, 0.3) is 5.56 Å². The van der Waals surface area contributed by atoms with Gasteiger partial charge in [-0.25, -0.2) is 4.79 Å². The maximum absolute atomic E-state index is 11.7. The largest absolute Gasteiger partial charge is 0.332 e. The lowest BCUT2D eigenvalue weighted by molar-refractivity contribution is -0.121. The Hall–Kier alpha value is -2.18. The molecule has 7 nitrogen and oxygen atoms in total. The van der Waals surface area contributed by atoms with Gasteiger partial charge in [0, 0.05) is 14.1 Å². The van der Waals surface area contributed by atoms with E-state index in [0.717, 1.165) is 9.13 Å². The summed E-state index contributed by atoms with van der Waals surface area (Å²) in [5, 5.41) is 2.36. The average molecular weight is 223 g/mol. The van der Waals surface area contributed by atoms with E-state index in [1.54, 1.807) is 0 Å². The zero-order chi connectivity index (χ0) is 12.0. The van der Waals surface area contributed by atoms with Gasteiger partial charge in [-0.3, -0.25) is 18.7 Å². The molecule has 16 heavy (non-hydrogen) atoms. The van der Waals surface area contributed by atoms with Gasteiger partial charge in [-0.05, 0) is 0 Å². The lowest BCUT2D eigenvalue weighted by Gasteiger charge is -2.07. The molecule has 0 aliphatic carbocycles. The van der Waals surface area contributed by atoms with Gasteiger partial charge in [-0.15, -0.1) is 0 Å². The Morgan fingerprint density at radius 3 is 2.38 bits per heavy atom. The second kappa shape index (κ2) is 3.16. The van der Waals surface area contributed by atoms with Crippen molar-refractivity contribution in [2.45, 2.75) is 5.92 Å². The van der Waals surface area contributed by atoms with Crippen molar-refractivity contribution in [3.05, 3.63) is 26.4 Å². The molecular weight excluding hydrogens is 214 g/mol. The fourth-order valence-corrected chi connectivity index (χ4v) is 1.76. The fraction of sp³-hybridized carbons (Fsp3) is 0.333. The molecule has 1 aliphatic rings.